The molecule has 0 bridgehead atoms. The van der Waals surface area contributed by atoms with Crippen LogP contribution >= 0.6 is 11.8 Å². The number of hydrogen-bond acceptors (Lipinski definition) is 3. The highest BCUT2D eigenvalue weighted by molar-refractivity contribution is 8.00. The minimum Gasteiger partial charge on any atom is -1.00 e. The summed E-state index contributed by atoms with van der Waals surface area (Å²) < 4.78 is 2.11. The van der Waals surface area contributed by atoms with Crippen molar-refractivity contribution in [3.8, 4) is 0 Å². The van der Waals surface area contributed by atoms with Gasteiger partial charge in [0.25, 0.3) is 0 Å². The van der Waals surface area contributed by atoms with Gasteiger partial charge in [-0.2, -0.15) is 0 Å². The highest BCUT2D eigenvalue weighted by Crippen LogP contribution is 2.34. The molecule has 2 aliphatic heterocycles. The van der Waals surface area contributed by atoms with Crippen LogP contribution in [0.3, 0.4) is 0 Å². The van der Waals surface area contributed by atoms with Crippen LogP contribution in [0.15, 0.2) is 42.4 Å². The van der Waals surface area contributed by atoms with Crippen molar-refractivity contribution in [3.05, 3.63) is 42.4 Å². The van der Waals surface area contributed by atoms with Gasteiger partial charge in [0, 0.05) is 29.7 Å². The number of fused-ring (bicyclic) bond motifs is 1. The fourth-order valence-corrected chi connectivity index (χ4v) is 3.32. The Morgan fingerprint density at radius 2 is 2.11 bits per heavy atom. The number of nitrogens with zero attached hydrogens (tertiary/aromatic N) is 2. The zero-order chi connectivity index (χ0) is 11.8. The van der Waals surface area contributed by atoms with Crippen molar-refractivity contribution >= 4 is 17.7 Å². The number of carbonyl (C=O) groups is 1. The number of hydrogen-bond donors (Lipinski definition) is 1. The SMILES string of the molecule is N[C@@H]1C(=O)N2C=C(C[n+]3ccccc3)CS[C@H]12.[Cl-]. The smallest absolute Gasteiger partial charge is 0.247 e. The molecule has 1 saturated heterocycles. The number of aromatic nitrogens is 1. The van der Waals surface area contributed by atoms with Crippen molar-refractivity contribution in [2.45, 2.75) is 18.0 Å². The van der Waals surface area contributed by atoms with Crippen LogP contribution in [0.4, 0.5) is 0 Å². The Bertz CT molecular complexity index is 479. The summed E-state index contributed by atoms with van der Waals surface area (Å²) in [4.78, 5) is 13.3. The monoisotopic (exact) mass is 283 g/mol. The van der Waals surface area contributed by atoms with Gasteiger partial charge >= 0.3 is 0 Å². The maximum atomic E-state index is 11.5. The van der Waals surface area contributed by atoms with Crippen molar-refractivity contribution in [2.75, 3.05) is 5.75 Å². The van der Waals surface area contributed by atoms with Gasteiger partial charge in [0.05, 0.1) is 0 Å². The molecule has 1 amide bonds. The van der Waals surface area contributed by atoms with Gasteiger partial charge in [-0.05, 0) is 0 Å². The quantitative estimate of drug-likeness (QED) is 0.468. The van der Waals surface area contributed by atoms with Crippen LogP contribution in [-0.2, 0) is 11.3 Å². The van der Waals surface area contributed by atoms with Crippen molar-refractivity contribution in [3.63, 3.8) is 0 Å². The third kappa shape index (κ3) is 2.25. The Hall–Kier alpha value is -1.04. The Balaban J connectivity index is 0.00000120. The van der Waals surface area contributed by atoms with Gasteiger partial charge in [-0.25, -0.2) is 4.57 Å². The van der Waals surface area contributed by atoms with Crippen LogP contribution in [0.25, 0.3) is 0 Å². The molecular formula is C12H14ClN3OS. The molecule has 6 heteroatoms. The minimum atomic E-state index is -0.304. The molecule has 0 aromatic carbocycles. The number of thioether (sulfide) groups is 1. The molecule has 1 aromatic rings. The highest BCUT2D eigenvalue weighted by atomic mass is 35.5. The summed E-state index contributed by atoms with van der Waals surface area (Å²) in [5.41, 5.74) is 6.98. The van der Waals surface area contributed by atoms with Crippen LogP contribution < -0.4 is 22.7 Å². The van der Waals surface area contributed by atoms with Crippen LogP contribution in [-0.4, -0.2) is 28.0 Å². The van der Waals surface area contributed by atoms with Crippen molar-refractivity contribution in [1.82, 2.24) is 4.90 Å². The van der Waals surface area contributed by atoms with Crippen molar-refractivity contribution in [2.24, 2.45) is 5.73 Å². The molecule has 1 aromatic heterocycles. The summed E-state index contributed by atoms with van der Waals surface area (Å²) in [7, 11) is 0. The van der Waals surface area contributed by atoms with Crippen LogP contribution in [0, 0.1) is 0 Å². The summed E-state index contributed by atoms with van der Waals surface area (Å²) in [6, 6.07) is 5.70. The summed E-state index contributed by atoms with van der Waals surface area (Å²) in [6.45, 7) is 0.833. The standard InChI is InChI=1S/C12H14N3OS.ClH/c13-10-11(16)15-7-9(8-17-12(10)15)6-14-4-2-1-3-5-14;/h1-5,7,10,12H,6,8,13H2;1H/q+1;/p-1/t10-,12-;/m1./s1. The second-order valence-corrected chi connectivity index (χ2v) is 5.41. The number of rotatable bonds is 2. The number of amides is 1. The molecule has 4 nitrogen and oxygen atoms in total. The lowest BCUT2D eigenvalue weighted by molar-refractivity contribution is -0.689. The lowest BCUT2D eigenvalue weighted by atomic mass is 10.1. The molecule has 0 spiro atoms. The summed E-state index contributed by atoms with van der Waals surface area (Å²) in [5.74, 6) is 0.988. The van der Waals surface area contributed by atoms with E-state index in [-0.39, 0.29) is 29.7 Å². The lowest BCUT2D eigenvalue weighted by Gasteiger charge is -2.45. The number of nitrogens with two attached hydrogens (primary N) is 1. The molecule has 2 aliphatic rings. The van der Waals surface area contributed by atoms with Gasteiger partial charge in [-0.3, -0.25) is 4.79 Å². The van der Waals surface area contributed by atoms with E-state index in [0.29, 0.717) is 0 Å². The average molecular weight is 284 g/mol. The number of carbonyl (C=O) groups excluding carboxylic acids is 1. The zero-order valence-corrected chi connectivity index (χ0v) is 11.3. The Morgan fingerprint density at radius 3 is 2.83 bits per heavy atom. The normalized spacial score (nSPS) is 25.7. The molecule has 3 rings (SSSR count). The fraction of sp³-hybridized carbons (Fsp3) is 0.333. The third-order valence-corrected chi connectivity index (χ3v) is 4.44. The average Bonchev–Trinajstić information content (AvgIpc) is 2.39. The van der Waals surface area contributed by atoms with E-state index < -0.39 is 0 Å². The fourth-order valence-electron chi connectivity index (χ4n) is 2.12. The molecule has 18 heavy (non-hydrogen) atoms. The Kier molecular flexibility index (Phi) is 3.94. The Labute approximate surface area is 116 Å². The van der Waals surface area contributed by atoms with Gasteiger partial charge in [-0.1, -0.05) is 6.07 Å². The van der Waals surface area contributed by atoms with Gasteiger partial charge in [0.2, 0.25) is 5.91 Å². The number of halogens is 1. The second-order valence-electron chi connectivity index (χ2n) is 4.31. The van der Waals surface area contributed by atoms with E-state index in [1.807, 2.05) is 36.8 Å². The molecule has 0 unspecified atom stereocenters. The lowest BCUT2D eigenvalue weighted by Crippen LogP contribution is -3.00. The molecule has 1 fully saturated rings. The molecule has 96 valence electrons. The van der Waals surface area contributed by atoms with E-state index in [2.05, 4.69) is 4.57 Å². The van der Waals surface area contributed by atoms with Crippen LogP contribution in [0.2, 0.25) is 0 Å². The molecule has 2 N–H and O–H groups in total. The van der Waals surface area contributed by atoms with Crippen LogP contribution in [0.5, 0.6) is 0 Å². The first kappa shape index (κ1) is 13.4. The van der Waals surface area contributed by atoms with Gasteiger partial charge in [-0.15, -0.1) is 11.8 Å². The molecule has 0 saturated carbocycles. The second kappa shape index (κ2) is 5.30. The van der Waals surface area contributed by atoms with E-state index in [0.717, 1.165) is 12.3 Å². The minimum absolute atomic E-state index is 0. The Morgan fingerprint density at radius 1 is 1.39 bits per heavy atom. The highest BCUT2D eigenvalue weighted by Gasteiger charge is 2.46. The van der Waals surface area contributed by atoms with Gasteiger partial charge in [0.15, 0.2) is 18.9 Å². The number of pyridine rings is 1. The maximum Gasteiger partial charge on any atom is 0.247 e. The molecule has 0 aliphatic carbocycles. The topological polar surface area (TPSA) is 50.2 Å². The van der Waals surface area contributed by atoms with E-state index in [1.54, 1.807) is 16.7 Å². The first-order valence-corrected chi connectivity index (χ1v) is 6.63. The molecular weight excluding hydrogens is 270 g/mol. The predicted octanol–water partition coefficient (Wildman–Crippen LogP) is -2.90. The van der Waals surface area contributed by atoms with E-state index >= 15 is 0 Å². The molecule has 3 heterocycles. The van der Waals surface area contributed by atoms with Crippen LogP contribution in [0.1, 0.15) is 0 Å². The maximum absolute atomic E-state index is 11.5. The largest absolute Gasteiger partial charge is 1.00 e. The summed E-state index contributed by atoms with van der Waals surface area (Å²) in [5, 5.41) is 0.159. The van der Waals surface area contributed by atoms with E-state index in [1.165, 1.54) is 5.57 Å². The number of β-lactam (4-membered cyclic amide) rings is 1. The predicted molar refractivity (Wildman–Crippen MR) is 65.8 cm³/mol. The molecule has 0 radical (unpaired) electrons. The van der Waals surface area contributed by atoms with E-state index in [4.69, 9.17) is 5.73 Å². The zero-order valence-electron chi connectivity index (χ0n) is 9.70. The van der Waals surface area contributed by atoms with E-state index in [9.17, 15) is 4.79 Å². The first-order valence-electron chi connectivity index (χ1n) is 5.59. The van der Waals surface area contributed by atoms with Gasteiger partial charge in [0.1, 0.15) is 11.4 Å². The van der Waals surface area contributed by atoms with Gasteiger partial charge < -0.3 is 23.0 Å². The first-order chi connectivity index (χ1) is 8.25. The molecule has 2 atom stereocenters. The van der Waals surface area contributed by atoms with Crippen molar-refractivity contribution < 1.29 is 21.8 Å². The third-order valence-electron chi connectivity index (χ3n) is 3.05. The summed E-state index contributed by atoms with van der Waals surface area (Å²) >= 11 is 1.75. The van der Waals surface area contributed by atoms with Crippen molar-refractivity contribution in [1.29, 1.82) is 0 Å². The summed E-state index contributed by atoms with van der Waals surface area (Å²) in [6.07, 6.45) is 6.02.